The van der Waals surface area contributed by atoms with Crippen molar-refractivity contribution >= 4 is 11.9 Å². The van der Waals surface area contributed by atoms with E-state index in [4.69, 9.17) is 9.15 Å². The predicted octanol–water partition coefficient (Wildman–Crippen LogP) is 4.27. The fourth-order valence-electron chi connectivity index (χ4n) is 3.91. The monoisotopic (exact) mass is 438 g/mol. The topological polar surface area (TPSA) is 98.3 Å². The molecule has 1 amide bonds. The minimum absolute atomic E-state index is 0.327. The van der Waals surface area contributed by atoms with Gasteiger partial charge in [-0.05, 0) is 71.3 Å². The maximum Gasteiger partial charge on any atom is 0.412 e. The van der Waals surface area contributed by atoms with Crippen molar-refractivity contribution in [1.82, 2.24) is 24.6 Å². The van der Waals surface area contributed by atoms with Gasteiger partial charge in [-0.15, -0.1) is 0 Å². The quantitative estimate of drug-likeness (QED) is 0.550. The molecule has 0 spiro atoms. The molecule has 9 nitrogen and oxygen atoms in total. The summed E-state index contributed by atoms with van der Waals surface area (Å²) in [5.74, 6) is 2.50. The largest absolute Gasteiger partial charge is 0.458 e. The van der Waals surface area contributed by atoms with Crippen molar-refractivity contribution < 1.29 is 13.9 Å². The Morgan fingerprint density at radius 2 is 1.94 bits per heavy atom. The highest BCUT2D eigenvalue weighted by Gasteiger charge is 2.16. The first-order chi connectivity index (χ1) is 15.5. The number of rotatable bonds is 7. The zero-order chi connectivity index (χ0) is 22.5. The summed E-state index contributed by atoms with van der Waals surface area (Å²) in [7, 11) is 0. The lowest BCUT2D eigenvalue weighted by Crippen LogP contribution is -2.31. The highest BCUT2D eigenvalue weighted by Crippen LogP contribution is 2.23. The summed E-state index contributed by atoms with van der Waals surface area (Å²) in [6.07, 6.45) is 4.09. The number of aromatic nitrogens is 4. The van der Waals surface area contributed by atoms with Gasteiger partial charge in [-0.25, -0.2) is 19.4 Å². The van der Waals surface area contributed by atoms with Crippen molar-refractivity contribution in [3.05, 3.63) is 41.4 Å². The van der Waals surface area contributed by atoms with E-state index >= 15 is 0 Å². The molecule has 1 saturated heterocycles. The molecule has 1 N–H and O–H groups in total. The summed E-state index contributed by atoms with van der Waals surface area (Å²) in [5, 5.41) is 7.22. The Kier molecular flexibility index (Phi) is 6.84. The van der Waals surface area contributed by atoms with Crippen LogP contribution in [0.25, 0.3) is 17.4 Å². The highest BCUT2D eigenvalue weighted by molar-refractivity contribution is 5.83. The summed E-state index contributed by atoms with van der Waals surface area (Å²) in [5.41, 5.74) is 1.80. The van der Waals surface area contributed by atoms with Gasteiger partial charge in [0, 0.05) is 18.3 Å². The van der Waals surface area contributed by atoms with Crippen LogP contribution in [-0.2, 0) is 4.74 Å². The second-order valence-electron chi connectivity index (χ2n) is 8.20. The summed E-state index contributed by atoms with van der Waals surface area (Å²) >= 11 is 0. The second kappa shape index (κ2) is 9.95. The predicted molar refractivity (Wildman–Crippen MR) is 121 cm³/mol. The fourth-order valence-corrected chi connectivity index (χ4v) is 3.91. The molecule has 4 rings (SSSR count). The zero-order valence-electron chi connectivity index (χ0n) is 18.9. The number of furan rings is 1. The van der Waals surface area contributed by atoms with Crippen molar-refractivity contribution in [1.29, 1.82) is 0 Å². The molecule has 4 heterocycles. The van der Waals surface area contributed by atoms with Crippen molar-refractivity contribution in [3.63, 3.8) is 0 Å². The number of carbonyl (C=O) groups is 1. The van der Waals surface area contributed by atoms with Crippen LogP contribution in [0.2, 0.25) is 0 Å². The molecule has 1 fully saturated rings. The van der Waals surface area contributed by atoms with E-state index in [1.54, 1.807) is 16.8 Å². The van der Waals surface area contributed by atoms with E-state index in [0.29, 0.717) is 29.8 Å². The van der Waals surface area contributed by atoms with Gasteiger partial charge in [0.2, 0.25) is 0 Å². The Hall–Kier alpha value is -3.20. The average molecular weight is 439 g/mol. The van der Waals surface area contributed by atoms with E-state index in [2.05, 4.69) is 25.3 Å². The zero-order valence-corrected chi connectivity index (χ0v) is 18.9. The molecule has 1 aliphatic rings. The van der Waals surface area contributed by atoms with Crippen LogP contribution in [0.15, 0.2) is 28.7 Å². The minimum atomic E-state index is -0.539. The number of aryl methyl sites for hydroxylation is 3. The number of hydrogen-bond acceptors (Lipinski definition) is 7. The molecule has 0 aromatic carbocycles. The van der Waals surface area contributed by atoms with Crippen LogP contribution in [-0.4, -0.2) is 57.0 Å². The van der Waals surface area contributed by atoms with Gasteiger partial charge < -0.3 is 14.1 Å². The molecule has 32 heavy (non-hydrogen) atoms. The molecule has 3 aromatic rings. The normalized spacial score (nSPS) is 14.5. The van der Waals surface area contributed by atoms with Crippen LogP contribution < -0.4 is 5.32 Å². The van der Waals surface area contributed by atoms with Crippen LogP contribution in [0.3, 0.4) is 0 Å². The van der Waals surface area contributed by atoms with E-state index in [1.165, 1.54) is 19.3 Å². The van der Waals surface area contributed by atoms with Gasteiger partial charge >= 0.3 is 6.09 Å². The third-order valence-corrected chi connectivity index (χ3v) is 5.43. The van der Waals surface area contributed by atoms with Crippen molar-refractivity contribution in [3.8, 4) is 17.4 Å². The molecular weight excluding hydrogens is 408 g/mol. The van der Waals surface area contributed by atoms with E-state index in [9.17, 15) is 4.79 Å². The Labute approximate surface area is 187 Å². The summed E-state index contributed by atoms with van der Waals surface area (Å²) in [4.78, 5) is 23.9. The Morgan fingerprint density at radius 1 is 1.12 bits per heavy atom. The van der Waals surface area contributed by atoms with Crippen molar-refractivity contribution in [2.45, 2.75) is 46.5 Å². The number of carbonyl (C=O) groups excluding carboxylic acids is 1. The number of nitrogens with one attached hydrogen (secondary N) is 1. The third-order valence-electron chi connectivity index (χ3n) is 5.43. The van der Waals surface area contributed by atoms with Gasteiger partial charge in [-0.3, -0.25) is 5.32 Å². The SMILES string of the molecule is Cc1cc(C)n(-c2cc(NC(=O)OCCCN3CCCCC3)nc(-c3ccc(C)o3)n2)n1. The number of piperidine rings is 1. The first kappa shape index (κ1) is 22.0. The molecule has 1 aliphatic heterocycles. The summed E-state index contributed by atoms with van der Waals surface area (Å²) in [6, 6.07) is 7.28. The molecule has 0 aliphatic carbocycles. The number of amides is 1. The molecule has 0 radical (unpaired) electrons. The molecule has 3 aromatic heterocycles. The fraction of sp³-hybridized carbons (Fsp3) is 0.478. The molecule has 9 heteroatoms. The van der Waals surface area contributed by atoms with Gasteiger partial charge in [0.15, 0.2) is 17.4 Å². The minimum Gasteiger partial charge on any atom is -0.458 e. The maximum absolute atomic E-state index is 12.4. The van der Waals surface area contributed by atoms with Gasteiger partial charge in [-0.1, -0.05) is 6.42 Å². The van der Waals surface area contributed by atoms with Crippen LogP contribution in [0, 0.1) is 20.8 Å². The van der Waals surface area contributed by atoms with Crippen LogP contribution in [0.5, 0.6) is 0 Å². The van der Waals surface area contributed by atoms with Crippen LogP contribution in [0.4, 0.5) is 10.6 Å². The number of nitrogens with zero attached hydrogens (tertiary/aromatic N) is 5. The second-order valence-corrected chi connectivity index (χ2v) is 8.20. The molecule has 0 saturated carbocycles. The lowest BCUT2D eigenvalue weighted by Gasteiger charge is -2.26. The van der Waals surface area contributed by atoms with Gasteiger partial charge in [0.05, 0.1) is 12.3 Å². The Bertz CT molecular complexity index is 1070. The van der Waals surface area contributed by atoms with E-state index < -0.39 is 6.09 Å². The maximum atomic E-state index is 12.4. The first-order valence-electron chi connectivity index (χ1n) is 11.1. The van der Waals surface area contributed by atoms with E-state index in [0.717, 1.165) is 43.2 Å². The van der Waals surface area contributed by atoms with Crippen LogP contribution >= 0.6 is 0 Å². The van der Waals surface area contributed by atoms with Crippen LogP contribution in [0.1, 0.15) is 42.8 Å². The van der Waals surface area contributed by atoms with Gasteiger partial charge in [0.1, 0.15) is 11.6 Å². The lowest BCUT2D eigenvalue weighted by atomic mass is 10.1. The lowest BCUT2D eigenvalue weighted by molar-refractivity contribution is 0.148. The number of ether oxygens (including phenoxy) is 1. The average Bonchev–Trinajstić information content (AvgIpc) is 3.36. The molecule has 0 bridgehead atoms. The van der Waals surface area contributed by atoms with Crippen molar-refractivity contribution in [2.24, 2.45) is 0 Å². The molecular formula is C23H30N6O3. The Morgan fingerprint density at radius 3 is 2.62 bits per heavy atom. The number of likely N-dealkylation sites (tertiary alicyclic amines) is 1. The van der Waals surface area contributed by atoms with E-state index in [-0.39, 0.29) is 0 Å². The third kappa shape index (κ3) is 5.53. The first-order valence-corrected chi connectivity index (χ1v) is 11.1. The number of hydrogen-bond donors (Lipinski definition) is 1. The molecule has 0 unspecified atom stereocenters. The highest BCUT2D eigenvalue weighted by atomic mass is 16.5. The molecule has 170 valence electrons. The smallest absolute Gasteiger partial charge is 0.412 e. The Balaban J connectivity index is 1.45. The van der Waals surface area contributed by atoms with Crippen molar-refractivity contribution in [2.75, 3.05) is 31.6 Å². The van der Waals surface area contributed by atoms with Gasteiger partial charge in [-0.2, -0.15) is 5.10 Å². The summed E-state index contributed by atoms with van der Waals surface area (Å²) in [6.45, 7) is 9.31. The standard InChI is InChI=1S/C23H30N6O3/c1-16-14-17(2)29(27-16)21-15-20(24-22(26-21)19-9-8-18(3)32-19)25-23(30)31-13-7-12-28-10-5-4-6-11-28/h8-9,14-15H,4-7,10-13H2,1-3H3,(H,24,25,26,30). The summed E-state index contributed by atoms with van der Waals surface area (Å²) < 4.78 is 12.8. The number of anilines is 1. The van der Waals surface area contributed by atoms with E-state index in [1.807, 2.05) is 32.9 Å². The molecule has 0 atom stereocenters. The van der Waals surface area contributed by atoms with Gasteiger partial charge in [0.25, 0.3) is 0 Å².